The van der Waals surface area contributed by atoms with Crippen molar-refractivity contribution in [3.8, 4) is 0 Å². The molecular weight excluding hydrogens is 257 g/mol. The maximum atomic E-state index is 10.3. The molecule has 94 valence electrons. The van der Waals surface area contributed by atoms with Gasteiger partial charge in [-0.1, -0.05) is 48.2 Å². The Hall–Kier alpha value is -0.280. The van der Waals surface area contributed by atoms with E-state index in [1.165, 1.54) is 12.8 Å². The number of aliphatic hydroxyl groups excluding tert-OH is 1. The number of rotatable bonds is 3. The summed E-state index contributed by atoms with van der Waals surface area (Å²) in [6, 6.07) is 4.91. The van der Waals surface area contributed by atoms with Gasteiger partial charge in [0.05, 0.1) is 22.2 Å². The van der Waals surface area contributed by atoms with Crippen molar-refractivity contribution in [2.24, 2.45) is 11.7 Å². The first-order chi connectivity index (χ1) is 8.11. The summed E-state index contributed by atoms with van der Waals surface area (Å²) in [4.78, 5) is 0. The van der Waals surface area contributed by atoms with Gasteiger partial charge in [-0.3, -0.25) is 0 Å². The highest BCUT2D eigenvalue weighted by molar-refractivity contribution is 6.42. The molecule has 0 amide bonds. The third kappa shape index (κ3) is 2.76. The van der Waals surface area contributed by atoms with Crippen LogP contribution in [0.5, 0.6) is 0 Å². The molecule has 17 heavy (non-hydrogen) atoms. The van der Waals surface area contributed by atoms with E-state index in [4.69, 9.17) is 28.9 Å². The largest absolute Gasteiger partial charge is 0.391 e. The summed E-state index contributed by atoms with van der Waals surface area (Å²) in [5.74, 6) is 0.292. The third-order valence-electron chi connectivity index (χ3n) is 3.59. The number of aliphatic hydroxyl groups is 1. The van der Waals surface area contributed by atoms with Crippen molar-refractivity contribution >= 4 is 23.2 Å². The highest BCUT2D eigenvalue weighted by Crippen LogP contribution is 2.36. The molecule has 3 N–H and O–H groups in total. The smallest absolute Gasteiger partial charge is 0.0761 e. The van der Waals surface area contributed by atoms with Crippen LogP contribution >= 0.6 is 23.2 Å². The highest BCUT2D eigenvalue weighted by Gasteiger charge is 2.29. The molecule has 2 rings (SSSR count). The maximum Gasteiger partial charge on any atom is 0.0761 e. The summed E-state index contributed by atoms with van der Waals surface area (Å²) in [6.45, 7) is 0. The van der Waals surface area contributed by atoms with E-state index in [1.54, 1.807) is 6.07 Å². The van der Waals surface area contributed by atoms with Crippen LogP contribution < -0.4 is 5.73 Å². The summed E-state index contributed by atoms with van der Waals surface area (Å²) < 4.78 is 0. The van der Waals surface area contributed by atoms with E-state index in [9.17, 15) is 5.11 Å². The second kappa shape index (κ2) is 5.57. The van der Waals surface area contributed by atoms with E-state index >= 15 is 0 Å². The predicted octanol–water partition coefficient (Wildman–Crippen LogP) is 3.54. The van der Waals surface area contributed by atoms with Gasteiger partial charge in [-0.05, 0) is 30.4 Å². The number of benzene rings is 1. The lowest BCUT2D eigenvalue weighted by Gasteiger charge is -2.25. The van der Waals surface area contributed by atoms with Crippen LogP contribution in [-0.4, -0.2) is 11.2 Å². The zero-order chi connectivity index (χ0) is 12.4. The van der Waals surface area contributed by atoms with Crippen molar-refractivity contribution < 1.29 is 5.11 Å². The molecule has 0 radical (unpaired) electrons. The topological polar surface area (TPSA) is 46.2 Å². The average Bonchev–Trinajstić information content (AvgIpc) is 2.84. The van der Waals surface area contributed by atoms with Gasteiger partial charge in [-0.25, -0.2) is 0 Å². The molecule has 0 spiro atoms. The molecule has 1 aromatic rings. The molecule has 0 saturated heterocycles. The molecular formula is C13H17Cl2NO. The molecule has 0 aliphatic heterocycles. The second-order valence-corrected chi connectivity index (χ2v) is 5.49. The van der Waals surface area contributed by atoms with Crippen molar-refractivity contribution in [3.05, 3.63) is 33.8 Å². The van der Waals surface area contributed by atoms with Crippen molar-refractivity contribution in [1.29, 1.82) is 0 Å². The van der Waals surface area contributed by atoms with Crippen LogP contribution in [0.1, 0.15) is 37.3 Å². The Morgan fingerprint density at radius 3 is 2.53 bits per heavy atom. The first-order valence-corrected chi connectivity index (χ1v) is 6.74. The zero-order valence-corrected chi connectivity index (χ0v) is 11.1. The predicted molar refractivity (Wildman–Crippen MR) is 71.4 cm³/mol. The van der Waals surface area contributed by atoms with Gasteiger partial charge in [-0.2, -0.15) is 0 Å². The summed E-state index contributed by atoms with van der Waals surface area (Å²) in [5.41, 5.74) is 6.83. The normalized spacial score (nSPS) is 20.5. The Bertz CT molecular complexity index is 391. The van der Waals surface area contributed by atoms with Crippen molar-refractivity contribution in [2.75, 3.05) is 0 Å². The number of hydrogen-bond donors (Lipinski definition) is 2. The molecule has 1 aliphatic rings. The minimum Gasteiger partial charge on any atom is -0.391 e. The fourth-order valence-corrected chi connectivity index (χ4v) is 2.99. The van der Waals surface area contributed by atoms with Crippen LogP contribution in [0.4, 0.5) is 0 Å². The van der Waals surface area contributed by atoms with Crippen molar-refractivity contribution in [1.82, 2.24) is 0 Å². The van der Waals surface area contributed by atoms with E-state index < -0.39 is 12.1 Å². The average molecular weight is 274 g/mol. The Labute approximate surface area is 112 Å². The summed E-state index contributed by atoms with van der Waals surface area (Å²) >= 11 is 12.1. The molecule has 0 heterocycles. The number of hydrogen-bond acceptors (Lipinski definition) is 2. The van der Waals surface area contributed by atoms with Gasteiger partial charge >= 0.3 is 0 Å². The quantitative estimate of drug-likeness (QED) is 0.885. The number of nitrogens with two attached hydrogens (primary N) is 1. The highest BCUT2D eigenvalue weighted by atomic mass is 35.5. The van der Waals surface area contributed by atoms with Crippen LogP contribution in [0, 0.1) is 5.92 Å². The molecule has 1 aliphatic carbocycles. The lowest BCUT2D eigenvalue weighted by molar-refractivity contribution is 0.0845. The minimum atomic E-state index is -0.534. The maximum absolute atomic E-state index is 10.3. The monoisotopic (exact) mass is 273 g/mol. The van der Waals surface area contributed by atoms with Gasteiger partial charge in [0.1, 0.15) is 0 Å². The first kappa shape index (κ1) is 13.2. The third-order valence-corrected chi connectivity index (χ3v) is 4.42. The van der Waals surface area contributed by atoms with Crippen LogP contribution in [0.3, 0.4) is 0 Å². The number of halogens is 2. The molecule has 0 bridgehead atoms. The lowest BCUT2D eigenvalue weighted by atomic mass is 9.91. The van der Waals surface area contributed by atoms with Gasteiger partial charge in [-0.15, -0.1) is 0 Å². The van der Waals surface area contributed by atoms with E-state index in [0.717, 1.165) is 18.4 Å². The first-order valence-electron chi connectivity index (χ1n) is 5.99. The summed E-state index contributed by atoms with van der Waals surface area (Å²) in [7, 11) is 0. The van der Waals surface area contributed by atoms with E-state index in [1.807, 2.05) is 12.1 Å². The standard InChI is InChI=1S/C13H17Cl2NO/c14-10-7-3-6-9(11(10)15)12(16)13(17)8-4-1-2-5-8/h3,6-8,12-13,17H,1-2,4-5,16H2/t12-,13+/m0/s1. The van der Waals surface area contributed by atoms with E-state index in [2.05, 4.69) is 0 Å². The molecule has 0 aromatic heterocycles. The minimum absolute atomic E-state index is 0.292. The molecule has 4 heteroatoms. The van der Waals surface area contributed by atoms with Crippen LogP contribution in [0.15, 0.2) is 18.2 Å². The summed E-state index contributed by atoms with van der Waals surface area (Å²) in [6.07, 6.45) is 3.92. The molecule has 1 saturated carbocycles. The van der Waals surface area contributed by atoms with E-state index in [-0.39, 0.29) is 0 Å². The van der Waals surface area contributed by atoms with Gasteiger partial charge in [0.15, 0.2) is 0 Å². The summed E-state index contributed by atoms with van der Waals surface area (Å²) in [5, 5.41) is 11.2. The Kier molecular flexibility index (Phi) is 4.31. The van der Waals surface area contributed by atoms with Gasteiger partial charge in [0, 0.05) is 0 Å². The van der Waals surface area contributed by atoms with Gasteiger partial charge in [0.25, 0.3) is 0 Å². The van der Waals surface area contributed by atoms with Gasteiger partial charge < -0.3 is 10.8 Å². The molecule has 1 fully saturated rings. The van der Waals surface area contributed by atoms with Crippen LogP contribution in [-0.2, 0) is 0 Å². The van der Waals surface area contributed by atoms with Crippen LogP contribution in [0.2, 0.25) is 10.0 Å². The SMILES string of the molecule is N[C@@H](c1cccc(Cl)c1Cl)[C@H](O)C1CCCC1. The molecule has 2 nitrogen and oxygen atoms in total. The fourth-order valence-electron chi connectivity index (χ4n) is 2.55. The molecule has 1 aromatic carbocycles. The van der Waals surface area contributed by atoms with Gasteiger partial charge in [0.2, 0.25) is 0 Å². The van der Waals surface area contributed by atoms with Crippen molar-refractivity contribution in [3.63, 3.8) is 0 Å². The Morgan fingerprint density at radius 2 is 1.88 bits per heavy atom. The zero-order valence-electron chi connectivity index (χ0n) is 9.57. The lowest BCUT2D eigenvalue weighted by Crippen LogP contribution is -2.32. The Morgan fingerprint density at radius 1 is 1.24 bits per heavy atom. The Balaban J connectivity index is 2.18. The second-order valence-electron chi connectivity index (χ2n) is 4.70. The van der Waals surface area contributed by atoms with Crippen LogP contribution in [0.25, 0.3) is 0 Å². The molecule has 0 unspecified atom stereocenters. The van der Waals surface area contributed by atoms with E-state index in [0.29, 0.717) is 16.0 Å². The molecule has 2 atom stereocenters. The fraction of sp³-hybridized carbons (Fsp3) is 0.538. The van der Waals surface area contributed by atoms with Crippen molar-refractivity contribution in [2.45, 2.75) is 37.8 Å².